The lowest BCUT2D eigenvalue weighted by Gasteiger charge is -2.28. The Kier molecular flexibility index (Phi) is 4.26. The molecular weight excluding hydrogens is 312 g/mol. The van der Waals surface area contributed by atoms with Crippen molar-refractivity contribution in [2.24, 2.45) is 5.73 Å². The van der Waals surface area contributed by atoms with Crippen LogP contribution in [0.25, 0.3) is 5.70 Å². The van der Waals surface area contributed by atoms with Gasteiger partial charge in [-0.05, 0) is 43.4 Å². The fourth-order valence-electron chi connectivity index (χ4n) is 3.69. The molecule has 0 radical (unpaired) electrons. The Labute approximate surface area is 148 Å². The van der Waals surface area contributed by atoms with Crippen molar-refractivity contribution in [3.63, 3.8) is 0 Å². The first-order chi connectivity index (χ1) is 12.2. The van der Waals surface area contributed by atoms with Gasteiger partial charge in [-0.15, -0.1) is 0 Å². The van der Waals surface area contributed by atoms with Crippen LogP contribution in [-0.2, 0) is 6.54 Å². The molecule has 1 saturated carbocycles. The predicted octanol–water partition coefficient (Wildman–Crippen LogP) is 4.29. The minimum Gasteiger partial charge on any atom is -0.493 e. The molecular formula is C21H24N2O2. The van der Waals surface area contributed by atoms with E-state index in [9.17, 15) is 0 Å². The maximum absolute atomic E-state index is 6.26. The number of anilines is 1. The summed E-state index contributed by atoms with van der Waals surface area (Å²) in [4.78, 5) is 2.17. The van der Waals surface area contributed by atoms with Crippen molar-refractivity contribution in [3.05, 3.63) is 59.8 Å². The molecule has 2 N–H and O–H groups in total. The normalized spacial score (nSPS) is 17.2. The number of rotatable bonds is 4. The fraction of sp³-hybridized carbons (Fsp3) is 0.333. The monoisotopic (exact) mass is 336 g/mol. The van der Waals surface area contributed by atoms with E-state index in [-0.39, 0.29) is 0 Å². The number of nitrogens with zero attached hydrogens (tertiary/aromatic N) is 1. The standard InChI is InChI=1S/C21H24N2O2/c1-24-20-11-10-16(12-21(20)25-17-7-3-4-8-17)23-13-15-6-2-5-9-18(15)19(22)14-23/h2,5-6,9-12,14,17H,3-4,7-8,13,22H2,1H3. The zero-order chi connectivity index (χ0) is 17.2. The van der Waals surface area contributed by atoms with Crippen molar-refractivity contribution in [2.45, 2.75) is 38.3 Å². The molecule has 0 amide bonds. The molecule has 4 heteroatoms. The van der Waals surface area contributed by atoms with E-state index in [1.165, 1.54) is 18.4 Å². The van der Waals surface area contributed by atoms with Gasteiger partial charge >= 0.3 is 0 Å². The van der Waals surface area contributed by atoms with Crippen molar-refractivity contribution in [3.8, 4) is 11.5 Å². The summed E-state index contributed by atoms with van der Waals surface area (Å²) in [6, 6.07) is 14.4. The number of fused-ring (bicyclic) bond motifs is 1. The highest BCUT2D eigenvalue weighted by Crippen LogP contribution is 2.37. The predicted molar refractivity (Wildman–Crippen MR) is 101 cm³/mol. The lowest BCUT2D eigenvalue weighted by atomic mass is 10.0. The third-order valence-electron chi connectivity index (χ3n) is 5.04. The molecule has 4 nitrogen and oxygen atoms in total. The second kappa shape index (κ2) is 6.71. The Bertz CT molecular complexity index is 794. The van der Waals surface area contributed by atoms with E-state index in [1.54, 1.807) is 7.11 Å². The third kappa shape index (κ3) is 3.16. The molecule has 0 spiro atoms. The van der Waals surface area contributed by atoms with Gasteiger partial charge in [0.25, 0.3) is 0 Å². The van der Waals surface area contributed by atoms with Crippen molar-refractivity contribution in [1.29, 1.82) is 0 Å². The molecule has 25 heavy (non-hydrogen) atoms. The highest BCUT2D eigenvalue weighted by atomic mass is 16.5. The van der Waals surface area contributed by atoms with E-state index in [2.05, 4.69) is 35.2 Å². The number of methoxy groups -OCH3 is 1. The second-order valence-electron chi connectivity index (χ2n) is 6.73. The van der Waals surface area contributed by atoms with Crippen LogP contribution in [-0.4, -0.2) is 13.2 Å². The highest BCUT2D eigenvalue weighted by molar-refractivity contribution is 5.73. The van der Waals surface area contributed by atoms with Crippen LogP contribution in [0.4, 0.5) is 5.69 Å². The Hall–Kier alpha value is -2.62. The van der Waals surface area contributed by atoms with Crippen molar-refractivity contribution in [2.75, 3.05) is 12.0 Å². The third-order valence-corrected chi connectivity index (χ3v) is 5.04. The lowest BCUT2D eigenvalue weighted by Crippen LogP contribution is -2.23. The molecule has 2 aliphatic rings. The van der Waals surface area contributed by atoms with Gasteiger partial charge in [0.15, 0.2) is 11.5 Å². The lowest BCUT2D eigenvalue weighted by molar-refractivity contribution is 0.201. The Balaban J connectivity index is 1.63. The zero-order valence-electron chi connectivity index (χ0n) is 14.6. The van der Waals surface area contributed by atoms with Crippen molar-refractivity contribution in [1.82, 2.24) is 0 Å². The summed E-state index contributed by atoms with van der Waals surface area (Å²) in [5, 5.41) is 0. The minimum atomic E-state index is 0.298. The average Bonchev–Trinajstić information content (AvgIpc) is 3.15. The van der Waals surface area contributed by atoms with E-state index in [0.717, 1.165) is 47.8 Å². The van der Waals surface area contributed by atoms with Gasteiger partial charge in [-0.25, -0.2) is 0 Å². The Morgan fingerprint density at radius 2 is 1.84 bits per heavy atom. The number of hydrogen-bond donors (Lipinski definition) is 1. The van der Waals surface area contributed by atoms with Crippen LogP contribution in [0, 0.1) is 0 Å². The van der Waals surface area contributed by atoms with E-state index in [1.807, 2.05) is 18.3 Å². The first kappa shape index (κ1) is 15.9. The van der Waals surface area contributed by atoms with E-state index >= 15 is 0 Å². The number of hydrogen-bond acceptors (Lipinski definition) is 4. The smallest absolute Gasteiger partial charge is 0.163 e. The summed E-state index contributed by atoms with van der Waals surface area (Å²) < 4.78 is 11.7. The van der Waals surface area contributed by atoms with E-state index < -0.39 is 0 Å². The summed E-state index contributed by atoms with van der Waals surface area (Å²) in [5.41, 5.74) is 10.5. The second-order valence-corrected chi connectivity index (χ2v) is 6.73. The molecule has 1 heterocycles. The molecule has 0 saturated heterocycles. The van der Waals surface area contributed by atoms with Crippen LogP contribution in [0.5, 0.6) is 11.5 Å². The Morgan fingerprint density at radius 3 is 2.64 bits per heavy atom. The SMILES string of the molecule is COc1ccc(N2C=C(N)c3ccccc3C2)cc1OC1CCCC1. The molecule has 1 fully saturated rings. The van der Waals surface area contributed by atoms with Crippen molar-refractivity contribution < 1.29 is 9.47 Å². The van der Waals surface area contributed by atoms with Gasteiger partial charge in [0.2, 0.25) is 0 Å². The number of benzene rings is 2. The summed E-state index contributed by atoms with van der Waals surface area (Å²) in [6.45, 7) is 0.798. The van der Waals surface area contributed by atoms with Crippen LogP contribution < -0.4 is 20.1 Å². The fourth-order valence-corrected chi connectivity index (χ4v) is 3.69. The van der Waals surface area contributed by atoms with Gasteiger partial charge in [-0.2, -0.15) is 0 Å². The summed E-state index contributed by atoms with van der Waals surface area (Å²) in [6.07, 6.45) is 7.04. The van der Waals surface area contributed by atoms with Gasteiger partial charge in [0.1, 0.15) is 0 Å². The average molecular weight is 336 g/mol. The van der Waals surface area contributed by atoms with Gasteiger partial charge in [-0.1, -0.05) is 24.3 Å². The summed E-state index contributed by atoms with van der Waals surface area (Å²) in [7, 11) is 1.69. The van der Waals surface area contributed by atoms with Gasteiger partial charge < -0.3 is 20.1 Å². The quantitative estimate of drug-likeness (QED) is 0.904. The van der Waals surface area contributed by atoms with Crippen LogP contribution in [0.2, 0.25) is 0 Å². The molecule has 1 aliphatic heterocycles. The molecule has 0 unspecified atom stereocenters. The zero-order valence-corrected chi connectivity index (χ0v) is 14.6. The van der Waals surface area contributed by atoms with Crippen LogP contribution in [0.15, 0.2) is 48.7 Å². The van der Waals surface area contributed by atoms with Crippen LogP contribution in [0.3, 0.4) is 0 Å². The highest BCUT2D eigenvalue weighted by Gasteiger charge is 2.21. The largest absolute Gasteiger partial charge is 0.493 e. The Morgan fingerprint density at radius 1 is 1.04 bits per heavy atom. The summed E-state index contributed by atoms with van der Waals surface area (Å²) in [5.74, 6) is 1.60. The molecule has 0 bridgehead atoms. The topological polar surface area (TPSA) is 47.7 Å². The number of ether oxygens (including phenoxy) is 2. The van der Waals surface area contributed by atoms with Gasteiger partial charge in [0.05, 0.1) is 18.9 Å². The van der Waals surface area contributed by atoms with E-state index in [4.69, 9.17) is 15.2 Å². The van der Waals surface area contributed by atoms with E-state index in [0.29, 0.717) is 6.10 Å². The minimum absolute atomic E-state index is 0.298. The molecule has 2 aromatic carbocycles. The maximum Gasteiger partial charge on any atom is 0.163 e. The molecule has 0 aromatic heterocycles. The molecule has 2 aromatic rings. The van der Waals surface area contributed by atoms with Crippen molar-refractivity contribution >= 4 is 11.4 Å². The first-order valence-electron chi connectivity index (χ1n) is 8.91. The number of nitrogens with two attached hydrogens (primary N) is 1. The van der Waals surface area contributed by atoms with Crippen LogP contribution in [0.1, 0.15) is 36.8 Å². The molecule has 4 rings (SSSR count). The first-order valence-corrected chi connectivity index (χ1v) is 8.91. The van der Waals surface area contributed by atoms with Gasteiger partial charge in [-0.3, -0.25) is 0 Å². The molecule has 130 valence electrons. The van der Waals surface area contributed by atoms with Crippen LogP contribution >= 0.6 is 0 Å². The molecule has 1 aliphatic carbocycles. The van der Waals surface area contributed by atoms with Gasteiger partial charge in [0, 0.05) is 30.1 Å². The molecule has 0 atom stereocenters. The maximum atomic E-state index is 6.26. The summed E-state index contributed by atoms with van der Waals surface area (Å²) >= 11 is 0.